The van der Waals surface area contributed by atoms with Crippen molar-refractivity contribution < 1.29 is 14.4 Å². The van der Waals surface area contributed by atoms with E-state index in [0.29, 0.717) is 0 Å². The van der Waals surface area contributed by atoms with Crippen LogP contribution in [0.1, 0.15) is 19.8 Å². The van der Waals surface area contributed by atoms with E-state index < -0.39 is 0 Å². The molecule has 0 spiro atoms. The SMILES string of the molecule is CSCC[C@H](C)N(C)C(=O)CN1C(=O)[C@@H]2[C@@H](C1=O)[C@H]1C=C[C@H]2C1. The number of hydrogen-bond acceptors (Lipinski definition) is 4. The molecule has 5 nitrogen and oxygen atoms in total. The van der Waals surface area contributed by atoms with Gasteiger partial charge in [-0.1, -0.05) is 12.2 Å². The molecule has 5 atom stereocenters. The van der Waals surface area contributed by atoms with Crippen LogP contribution in [0.3, 0.4) is 0 Å². The number of allylic oxidation sites excluding steroid dienone is 2. The topological polar surface area (TPSA) is 57.7 Å². The lowest BCUT2D eigenvalue weighted by Gasteiger charge is -2.27. The second-order valence-electron chi connectivity index (χ2n) is 6.90. The molecule has 3 aliphatic rings. The first-order chi connectivity index (χ1) is 11.0. The van der Waals surface area contributed by atoms with Crippen molar-refractivity contribution in [3.8, 4) is 0 Å². The average molecular weight is 336 g/mol. The first kappa shape index (κ1) is 16.6. The quantitative estimate of drug-likeness (QED) is 0.543. The van der Waals surface area contributed by atoms with Gasteiger partial charge in [0.25, 0.3) is 0 Å². The number of thioether (sulfide) groups is 1. The molecule has 23 heavy (non-hydrogen) atoms. The Hall–Kier alpha value is -1.30. The third kappa shape index (κ3) is 2.71. The van der Waals surface area contributed by atoms with Crippen LogP contribution < -0.4 is 0 Å². The minimum atomic E-state index is -0.218. The molecular weight excluding hydrogens is 312 g/mol. The van der Waals surface area contributed by atoms with Gasteiger partial charge < -0.3 is 4.90 Å². The Morgan fingerprint density at radius 3 is 2.39 bits per heavy atom. The van der Waals surface area contributed by atoms with Gasteiger partial charge in [0.2, 0.25) is 17.7 Å². The van der Waals surface area contributed by atoms with Gasteiger partial charge in [0.1, 0.15) is 6.54 Å². The molecule has 1 saturated heterocycles. The lowest BCUT2D eigenvalue weighted by molar-refractivity contribution is -0.147. The van der Waals surface area contributed by atoms with Gasteiger partial charge in [-0.3, -0.25) is 19.3 Å². The van der Waals surface area contributed by atoms with E-state index >= 15 is 0 Å². The van der Waals surface area contributed by atoms with Crippen LogP contribution in [0.25, 0.3) is 0 Å². The summed E-state index contributed by atoms with van der Waals surface area (Å²) in [5, 5.41) is 0. The Labute approximate surface area is 141 Å². The first-order valence-corrected chi connectivity index (χ1v) is 9.63. The fraction of sp³-hybridized carbons (Fsp3) is 0.706. The highest BCUT2D eigenvalue weighted by Crippen LogP contribution is 2.52. The molecule has 2 aliphatic carbocycles. The smallest absolute Gasteiger partial charge is 0.242 e. The second kappa shape index (κ2) is 6.30. The summed E-state index contributed by atoms with van der Waals surface area (Å²) in [4.78, 5) is 40.5. The Kier molecular flexibility index (Phi) is 4.54. The third-order valence-electron chi connectivity index (χ3n) is 5.65. The van der Waals surface area contributed by atoms with Crippen LogP contribution in [0.2, 0.25) is 0 Å². The van der Waals surface area contributed by atoms with Crippen molar-refractivity contribution in [1.29, 1.82) is 0 Å². The van der Waals surface area contributed by atoms with Crippen molar-refractivity contribution in [2.24, 2.45) is 23.7 Å². The van der Waals surface area contributed by atoms with Crippen molar-refractivity contribution >= 4 is 29.5 Å². The van der Waals surface area contributed by atoms with Crippen molar-refractivity contribution in [3.63, 3.8) is 0 Å². The van der Waals surface area contributed by atoms with Gasteiger partial charge in [0, 0.05) is 13.1 Å². The van der Waals surface area contributed by atoms with Crippen LogP contribution in [0.5, 0.6) is 0 Å². The Bertz CT molecular complexity index is 532. The largest absolute Gasteiger partial charge is 0.341 e. The minimum absolute atomic E-state index is 0.107. The van der Waals surface area contributed by atoms with E-state index in [-0.39, 0.29) is 54.0 Å². The molecule has 0 aromatic carbocycles. The van der Waals surface area contributed by atoms with Gasteiger partial charge in [-0.25, -0.2) is 0 Å². The summed E-state index contributed by atoms with van der Waals surface area (Å²) in [5.74, 6) is 0.499. The molecule has 1 aliphatic heterocycles. The number of nitrogens with zero attached hydrogens (tertiary/aromatic N) is 2. The molecular formula is C17H24N2O3S. The highest BCUT2D eigenvalue weighted by molar-refractivity contribution is 7.98. The van der Waals surface area contributed by atoms with Crippen LogP contribution in [-0.2, 0) is 14.4 Å². The molecule has 1 heterocycles. The van der Waals surface area contributed by atoms with Crippen LogP contribution in [0.15, 0.2) is 12.2 Å². The molecule has 0 aromatic heterocycles. The van der Waals surface area contributed by atoms with E-state index in [1.165, 1.54) is 4.90 Å². The maximum Gasteiger partial charge on any atom is 0.242 e. The number of likely N-dealkylation sites (tertiary alicyclic amines) is 1. The van der Waals surface area contributed by atoms with Gasteiger partial charge in [-0.05, 0) is 43.6 Å². The number of carbonyl (C=O) groups is 3. The van der Waals surface area contributed by atoms with Gasteiger partial charge >= 0.3 is 0 Å². The molecule has 126 valence electrons. The zero-order valence-electron chi connectivity index (χ0n) is 13.9. The second-order valence-corrected chi connectivity index (χ2v) is 7.88. The summed E-state index contributed by atoms with van der Waals surface area (Å²) < 4.78 is 0. The predicted molar refractivity (Wildman–Crippen MR) is 89.7 cm³/mol. The van der Waals surface area contributed by atoms with Crippen LogP contribution in [-0.4, -0.2) is 59.2 Å². The van der Waals surface area contributed by atoms with Crippen molar-refractivity contribution in [1.82, 2.24) is 9.80 Å². The summed E-state index contributed by atoms with van der Waals surface area (Å²) in [7, 11) is 1.75. The highest BCUT2D eigenvalue weighted by Gasteiger charge is 2.59. The summed E-state index contributed by atoms with van der Waals surface area (Å²) >= 11 is 1.75. The van der Waals surface area contributed by atoms with E-state index in [9.17, 15) is 14.4 Å². The van der Waals surface area contributed by atoms with E-state index in [4.69, 9.17) is 0 Å². The molecule has 0 radical (unpaired) electrons. The molecule has 3 amide bonds. The number of hydrogen-bond donors (Lipinski definition) is 0. The zero-order chi connectivity index (χ0) is 16.7. The predicted octanol–water partition coefficient (Wildman–Crippen LogP) is 1.39. The molecule has 2 fully saturated rings. The number of rotatable bonds is 6. The Balaban J connectivity index is 1.64. The van der Waals surface area contributed by atoms with Gasteiger partial charge in [-0.2, -0.15) is 11.8 Å². The molecule has 1 saturated carbocycles. The van der Waals surface area contributed by atoms with Crippen LogP contribution in [0, 0.1) is 23.7 Å². The summed E-state index contributed by atoms with van der Waals surface area (Å²) in [6.45, 7) is 1.89. The zero-order valence-corrected chi connectivity index (χ0v) is 14.7. The number of carbonyl (C=O) groups excluding carboxylic acids is 3. The Morgan fingerprint density at radius 2 is 1.87 bits per heavy atom. The molecule has 6 heteroatoms. The lowest BCUT2D eigenvalue weighted by atomic mass is 9.85. The van der Waals surface area contributed by atoms with Gasteiger partial charge in [-0.15, -0.1) is 0 Å². The molecule has 0 N–H and O–H groups in total. The standard InChI is InChI=1S/C17H24N2O3S/c1-10(6-7-23-3)18(2)13(20)9-19-16(21)14-11-4-5-12(8-11)15(14)17(19)22/h4-5,10-12,14-15H,6-9H2,1-3H3/t10-,11-,12-,14-,15-/m0/s1. The average Bonchev–Trinajstić information content (AvgIpc) is 3.21. The molecule has 2 bridgehead atoms. The van der Waals surface area contributed by atoms with Crippen molar-refractivity contribution in [2.75, 3.05) is 25.6 Å². The van der Waals surface area contributed by atoms with Gasteiger partial charge in [0.05, 0.1) is 11.8 Å². The van der Waals surface area contributed by atoms with Crippen LogP contribution >= 0.6 is 11.8 Å². The maximum atomic E-state index is 12.6. The summed E-state index contributed by atoms with van der Waals surface area (Å²) in [6.07, 6.45) is 8.00. The van der Waals surface area contributed by atoms with E-state index in [0.717, 1.165) is 18.6 Å². The maximum absolute atomic E-state index is 12.6. The number of likely N-dealkylation sites (N-methyl/N-ethyl adjacent to an activating group) is 1. The number of imide groups is 1. The fourth-order valence-corrected chi connectivity index (χ4v) is 4.67. The molecule has 0 unspecified atom stereocenters. The lowest BCUT2D eigenvalue weighted by Crippen LogP contribution is -2.45. The molecule has 0 aromatic rings. The highest BCUT2D eigenvalue weighted by atomic mass is 32.2. The number of fused-ring (bicyclic) bond motifs is 5. The minimum Gasteiger partial charge on any atom is -0.341 e. The Morgan fingerprint density at radius 1 is 1.30 bits per heavy atom. The fourth-order valence-electron chi connectivity index (χ4n) is 4.09. The van der Waals surface area contributed by atoms with Crippen LogP contribution in [0.4, 0.5) is 0 Å². The van der Waals surface area contributed by atoms with E-state index in [1.54, 1.807) is 23.7 Å². The molecule has 3 rings (SSSR count). The number of amides is 3. The van der Waals surface area contributed by atoms with Gasteiger partial charge in [0.15, 0.2) is 0 Å². The summed E-state index contributed by atoms with van der Waals surface area (Å²) in [6, 6.07) is 0.111. The monoisotopic (exact) mass is 336 g/mol. The van der Waals surface area contributed by atoms with Crippen molar-refractivity contribution in [2.45, 2.75) is 25.8 Å². The normalized spacial score (nSPS) is 32.6. The first-order valence-electron chi connectivity index (χ1n) is 8.23. The third-order valence-corrected chi connectivity index (χ3v) is 6.29. The summed E-state index contributed by atoms with van der Waals surface area (Å²) in [5.41, 5.74) is 0. The van der Waals surface area contributed by atoms with Crippen molar-refractivity contribution in [3.05, 3.63) is 12.2 Å². The van der Waals surface area contributed by atoms with E-state index in [1.807, 2.05) is 13.2 Å². The van der Waals surface area contributed by atoms with E-state index in [2.05, 4.69) is 12.2 Å².